The van der Waals surface area contributed by atoms with Crippen LogP contribution >= 0.6 is 0 Å². The van der Waals surface area contributed by atoms with Gasteiger partial charge in [0.05, 0.1) is 18.8 Å². The van der Waals surface area contributed by atoms with Crippen molar-refractivity contribution in [2.24, 2.45) is 17.3 Å². The van der Waals surface area contributed by atoms with Gasteiger partial charge in [-0.25, -0.2) is 4.98 Å². The lowest BCUT2D eigenvalue weighted by molar-refractivity contribution is -0.138. The van der Waals surface area contributed by atoms with Crippen molar-refractivity contribution in [3.8, 4) is 16.9 Å². The van der Waals surface area contributed by atoms with Gasteiger partial charge in [-0.1, -0.05) is 12.1 Å². The number of aryl methyl sites for hydroxylation is 1. The molecule has 2 heterocycles. The Hall–Kier alpha value is -3.68. The van der Waals surface area contributed by atoms with E-state index in [-0.39, 0.29) is 40.5 Å². The Morgan fingerprint density at radius 1 is 1.00 bits per heavy atom. The molecular weight excluding hydrogens is 576 g/mol. The number of ether oxygens (including phenoxy) is 1. The Balaban J connectivity index is 1.26. The number of aromatic nitrogens is 3. The zero-order valence-corrected chi connectivity index (χ0v) is 28.2. The van der Waals surface area contributed by atoms with Crippen molar-refractivity contribution < 1.29 is 19.4 Å². The lowest BCUT2D eigenvalue weighted by atomic mass is 9.51. The highest BCUT2D eigenvalue weighted by Crippen LogP contribution is 2.58. The van der Waals surface area contributed by atoms with E-state index in [1.54, 1.807) is 7.11 Å². The van der Waals surface area contributed by atoms with E-state index >= 15 is 0 Å². The normalized spacial score (nSPS) is 26.1. The van der Waals surface area contributed by atoms with E-state index < -0.39 is 5.97 Å². The molecule has 46 heavy (non-hydrogen) atoms. The van der Waals surface area contributed by atoms with Gasteiger partial charge >= 0.3 is 5.97 Å². The number of hydrogen-bond donors (Lipinski definition) is 1. The number of aliphatic carboxylic acids is 1. The van der Waals surface area contributed by atoms with E-state index in [1.165, 1.54) is 11.1 Å². The maximum atomic E-state index is 14.5. The largest absolute Gasteiger partial charge is 0.496 e. The number of carboxylic acids is 1. The molecule has 0 atom stereocenters. The Morgan fingerprint density at radius 3 is 2.28 bits per heavy atom. The molecule has 246 valence electrons. The lowest BCUT2D eigenvalue weighted by Crippen LogP contribution is -2.52. The number of hydrogen-bond acceptors (Lipinski definition) is 5. The van der Waals surface area contributed by atoms with E-state index in [4.69, 9.17) is 9.72 Å². The summed E-state index contributed by atoms with van der Waals surface area (Å²) in [4.78, 5) is 32.6. The van der Waals surface area contributed by atoms with Crippen LogP contribution in [-0.4, -0.2) is 45.4 Å². The van der Waals surface area contributed by atoms with Crippen molar-refractivity contribution in [3.63, 3.8) is 0 Å². The van der Waals surface area contributed by atoms with Gasteiger partial charge in [0.1, 0.15) is 11.6 Å². The zero-order chi connectivity index (χ0) is 32.7. The standard InChI is InChI=1S/C38H50N4O4/c1-26-20-31(10-11-32(26)46-5)38-16-13-37(14-17-38,15-18-38)25-41(35(45)28-8-6-27(7-9-28)21-34(43)44)33-22-29(12-19-39-33)30-23-40-42(24-30)36(2,3)4/h10-12,19-20,22-24,27-28H,6-9,13-18,21,25H2,1-5H3,(H,43,44). The van der Waals surface area contributed by atoms with Gasteiger partial charge < -0.3 is 9.84 Å². The second-order valence-corrected chi connectivity index (χ2v) is 15.5. The fraction of sp³-hybridized carbons (Fsp3) is 0.579. The average molecular weight is 627 g/mol. The first-order valence-corrected chi connectivity index (χ1v) is 17.1. The summed E-state index contributed by atoms with van der Waals surface area (Å²) >= 11 is 0. The van der Waals surface area contributed by atoms with Crippen molar-refractivity contribution in [3.05, 3.63) is 60.0 Å². The van der Waals surface area contributed by atoms with Gasteiger partial charge in [-0.15, -0.1) is 0 Å². The minimum atomic E-state index is -0.748. The summed E-state index contributed by atoms with van der Waals surface area (Å²) in [6.07, 6.45) is 15.6. The first-order valence-electron chi connectivity index (χ1n) is 17.1. The van der Waals surface area contributed by atoms with Crippen LogP contribution in [0.15, 0.2) is 48.9 Å². The number of nitrogens with zero attached hydrogens (tertiary/aromatic N) is 4. The van der Waals surface area contributed by atoms with Crippen molar-refractivity contribution in [1.82, 2.24) is 14.8 Å². The number of amides is 1. The summed E-state index contributed by atoms with van der Waals surface area (Å²) in [7, 11) is 1.73. The molecule has 0 unspecified atom stereocenters. The summed E-state index contributed by atoms with van der Waals surface area (Å²) in [5.74, 6) is 1.09. The van der Waals surface area contributed by atoms with Crippen molar-refractivity contribution in [1.29, 1.82) is 0 Å². The number of fused-ring (bicyclic) bond motifs is 3. The smallest absolute Gasteiger partial charge is 0.303 e. The topological polar surface area (TPSA) is 97.5 Å². The fourth-order valence-electron chi connectivity index (χ4n) is 8.41. The second-order valence-electron chi connectivity index (χ2n) is 15.5. The van der Waals surface area contributed by atoms with Crippen molar-refractivity contribution >= 4 is 17.7 Å². The van der Waals surface area contributed by atoms with Gasteiger partial charge in [0, 0.05) is 36.8 Å². The lowest BCUT2D eigenvalue weighted by Gasteiger charge is -2.55. The summed E-state index contributed by atoms with van der Waals surface area (Å²) in [6, 6.07) is 10.8. The van der Waals surface area contributed by atoms with Crippen LogP contribution in [0.3, 0.4) is 0 Å². The van der Waals surface area contributed by atoms with Gasteiger partial charge in [0.2, 0.25) is 5.91 Å². The van der Waals surface area contributed by atoms with E-state index in [0.717, 1.165) is 81.1 Å². The van der Waals surface area contributed by atoms with Crippen LogP contribution in [0, 0.1) is 24.2 Å². The van der Waals surface area contributed by atoms with Gasteiger partial charge in [0.15, 0.2) is 0 Å². The number of anilines is 1. The predicted molar refractivity (Wildman–Crippen MR) is 180 cm³/mol. The first-order chi connectivity index (χ1) is 21.9. The Kier molecular flexibility index (Phi) is 8.77. The van der Waals surface area contributed by atoms with Crippen LogP contribution in [0.5, 0.6) is 5.75 Å². The molecule has 4 saturated carbocycles. The fourth-order valence-corrected chi connectivity index (χ4v) is 8.41. The molecule has 8 heteroatoms. The van der Waals surface area contributed by atoms with Crippen LogP contribution in [-0.2, 0) is 20.5 Å². The number of pyridine rings is 1. The minimum absolute atomic E-state index is 0.0637. The molecule has 0 saturated heterocycles. The molecule has 7 rings (SSSR count). The van der Waals surface area contributed by atoms with Crippen LogP contribution in [0.2, 0.25) is 0 Å². The third-order valence-corrected chi connectivity index (χ3v) is 11.5. The molecule has 3 aromatic rings. The quantitative estimate of drug-likeness (QED) is 0.259. The predicted octanol–water partition coefficient (Wildman–Crippen LogP) is 7.92. The molecule has 1 N–H and O–H groups in total. The second kappa shape index (κ2) is 12.5. The Bertz CT molecular complexity index is 1550. The molecule has 0 spiro atoms. The summed E-state index contributed by atoms with van der Waals surface area (Å²) in [6.45, 7) is 9.20. The zero-order valence-electron chi connectivity index (χ0n) is 28.2. The van der Waals surface area contributed by atoms with Gasteiger partial charge in [-0.3, -0.25) is 19.2 Å². The highest BCUT2D eigenvalue weighted by Gasteiger charge is 2.51. The monoisotopic (exact) mass is 626 g/mol. The number of carbonyl (C=O) groups is 2. The number of benzene rings is 1. The molecule has 2 aromatic heterocycles. The molecule has 8 nitrogen and oxygen atoms in total. The average Bonchev–Trinajstić information content (AvgIpc) is 3.56. The molecule has 2 bridgehead atoms. The molecule has 4 aliphatic rings. The Labute approximate surface area is 273 Å². The van der Waals surface area contributed by atoms with Crippen molar-refractivity contribution in [2.75, 3.05) is 18.6 Å². The SMILES string of the molecule is COc1ccc(C23CCC(CN(C(=O)C4CCC(CC(=O)O)CC4)c4cc(-c5cnn(C(C)(C)C)c5)ccn4)(CC2)CC3)cc1C. The van der Waals surface area contributed by atoms with Crippen LogP contribution < -0.4 is 9.64 Å². The molecule has 1 amide bonds. The number of carbonyl (C=O) groups excluding carboxylic acids is 1. The number of carboxylic acid groups (broad SMARTS) is 1. The summed E-state index contributed by atoms with van der Waals surface area (Å²) in [5.41, 5.74) is 4.75. The molecule has 4 aliphatic carbocycles. The number of methoxy groups -OCH3 is 1. The highest BCUT2D eigenvalue weighted by molar-refractivity contribution is 5.95. The van der Waals surface area contributed by atoms with Crippen LogP contribution in [0.4, 0.5) is 5.82 Å². The van der Waals surface area contributed by atoms with Gasteiger partial charge in [0.25, 0.3) is 0 Å². The maximum Gasteiger partial charge on any atom is 0.303 e. The molecule has 0 aliphatic heterocycles. The van der Waals surface area contributed by atoms with Crippen LogP contribution in [0.25, 0.3) is 11.1 Å². The van der Waals surface area contributed by atoms with E-state index in [9.17, 15) is 14.7 Å². The summed E-state index contributed by atoms with van der Waals surface area (Å²) in [5, 5.41) is 13.9. The maximum absolute atomic E-state index is 14.5. The van der Waals surface area contributed by atoms with Gasteiger partial charge in [-0.05, 0) is 144 Å². The first kappa shape index (κ1) is 32.3. The highest BCUT2D eigenvalue weighted by atomic mass is 16.5. The third kappa shape index (κ3) is 6.45. The number of rotatable bonds is 9. The molecule has 4 fully saturated rings. The van der Waals surface area contributed by atoms with Crippen molar-refractivity contribution in [2.45, 2.75) is 109 Å². The third-order valence-electron chi connectivity index (χ3n) is 11.5. The molecular formula is C38H50N4O4. The van der Waals surface area contributed by atoms with Gasteiger partial charge in [-0.2, -0.15) is 5.10 Å². The summed E-state index contributed by atoms with van der Waals surface area (Å²) < 4.78 is 7.51. The van der Waals surface area contributed by atoms with E-state index in [1.807, 2.05) is 28.0 Å². The molecule has 1 aromatic carbocycles. The Morgan fingerprint density at radius 2 is 1.70 bits per heavy atom. The van der Waals surface area contributed by atoms with E-state index in [2.05, 4.69) is 63.3 Å². The van der Waals surface area contributed by atoms with Crippen LogP contribution in [0.1, 0.15) is 103 Å². The minimum Gasteiger partial charge on any atom is -0.496 e. The molecule has 0 radical (unpaired) electrons. The van der Waals surface area contributed by atoms with E-state index in [0.29, 0.717) is 12.4 Å².